The van der Waals surface area contributed by atoms with Crippen molar-refractivity contribution in [3.05, 3.63) is 53.1 Å². The summed E-state index contributed by atoms with van der Waals surface area (Å²) in [4.78, 5) is 14.3. The molecule has 130 valence electrons. The van der Waals surface area contributed by atoms with Gasteiger partial charge in [-0.15, -0.1) is 0 Å². The second-order valence-corrected chi connectivity index (χ2v) is 6.46. The lowest BCUT2D eigenvalue weighted by molar-refractivity contribution is -0.121. The van der Waals surface area contributed by atoms with Crippen LogP contribution < -0.4 is 19.7 Å². The van der Waals surface area contributed by atoms with Gasteiger partial charge in [0.1, 0.15) is 11.5 Å². The Balaban J connectivity index is 1.66. The van der Waals surface area contributed by atoms with Crippen LogP contribution in [0.25, 0.3) is 0 Å². The van der Waals surface area contributed by atoms with E-state index in [9.17, 15) is 4.79 Å². The lowest BCUT2D eigenvalue weighted by atomic mass is 10.00. The molecule has 2 aliphatic rings. The van der Waals surface area contributed by atoms with E-state index in [-0.39, 0.29) is 12.5 Å². The lowest BCUT2D eigenvalue weighted by Gasteiger charge is -2.30. The van der Waals surface area contributed by atoms with Crippen LogP contribution in [0.15, 0.2) is 36.4 Å². The Morgan fingerprint density at radius 1 is 1.12 bits per heavy atom. The largest absolute Gasteiger partial charge is 0.497 e. The van der Waals surface area contributed by atoms with Gasteiger partial charge >= 0.3 is 0 Å². The number of rotatable bonds is 3. The summed E-state index contributed by atoms with van der Waals surface area (Å²) in [6, 6.07) is 12.1. The molecule has 1 N–H and O–H groups in total. The maximum absolute atomic E-state index is 12.5. The molecule has 0 radical (unpaired) electrons. The van der Waals surface area contributed by atoms with E-state index in [0.29, 0.717) is 6.54 Å². The zero-order valence-electron chi connectivity index (χ0n) is 14.4. The summed E-state index contributed by atoms with van der Waals surface area (Å²) in [7, 11) is 1.65. The van der Waals surface area contributed by atoms with E-state index in [0.717, 1.165) is 48.7 Å². The fourth-order valence-electron chi connectivity index (χ4n) is 3.46. The van der Waals surface area contributed by atoms with Crippen LogP contribution in [-0.2, 0) is 24.2 Å². The first kappa shape index (κ1) is 16.0. The number of carbonyl (C=O) groups excluding carboxylic acids is 1. The fourth-order valence-corrected chi connectivity index (χ4v) is 3.46. The monoisotopic (exact) mass is 338 g/mol. The van der Waals surface area contributed by atoms with Crippen LogP contribution >= 0.6 is 0 Å². The number of hydrogen-bond donors (Lipinski definition) is 1. The highest BCUT2D eigenvalue weighted by atomic mass is 16.5. The molecule has 0 unspecified atom stereocenters. The van der Waals surface area contributed by atoms with E-state index in [1.807, 2.05) is 29.2 Å². The standard InChI is InChI=1S/C20H22N2O3/c1-24-17-4-2-14(3-5-17)12-22-18-10-15-6-8-21-9-7-16(15)11-19(18)25-13-20(22)23/h2-5,10-11,21H,6-9,12-13H2,1H3. The minimum Gasteiger partial charge on any atom is -0.497 e. The van der Waals surface area contributed by atoms with Gasteiger partial charge in [-0.25, -0.2) is 0 Å². The summed E-state index contributed by atoms with van der Waals surface area (Å²) >= 11 is 0. The Morgan fingerprint density at radius 3 is 2.56 bits per heavy atom. The van der Waals surface area contributed by atoms with Crippen molar-refractivity contribution in [2.75, 3.05) is 31.7 Å². The molecule has 2 heterocycles. The predicted molar refractivity (Wildman–Crippen MR) is 96.4 cm³/mol. The van der Waals surface area contributed by atoms with Crippen LogP contribution in [0.3, 0.4) is 0 Å². The lowest BCUT2D eigenvalue weighted by Crippen LogP contribution is -2.38. The maximum Gasteiger partial charge on any atom is 0.265 e. The van der Waals surface area contributed by atoms with Gasteiger partial charge in [0.2, 0.25) is 0 Å². The average Bonchev–Trinajstić information content (AvgIpc) is 2.88. The van der Waals surface area contributed by atoms with Gasteiger partial charge in [-0.05, 0) is 66.9 Å². The van der Waals surface area contributed by atoms with Crippen LogP contribution in [-0.4, -0.2) is 32.7 Å². The summed E-state index contributed by atoms with van der Waals surface area (Å²) < 4.78 is 10.9. The molecule has 0 atom stereocenters. The number of nitrogens with one attached hydrogen (secondary N) is 1. The number of carbonyl (C=O) groups is 1. The van der Waals surface area contributed by atoms with E-state index >= 15 is 0 Å². The number of methoxy groups -OCH3 is 1. The quantitative estimate of drug-likeness (QED) is 0.933. The summed E-state index contributed by atoms with van der Waals surface area (Å²) in [5.74, 6) is 1.62. The second kappa shape index (κ2) is 6.76. The van der Waals surface area contributed by atoms with Crippen molar-refractivity contribution in [3.63, 3.8) is 0 Å². The second-order valence-electron chi connectivity index (χ2n) is 6.46. The topological polar surface area (TPSA) is 50.8 Å². The van der Waals surface area contributed by atoms with Gasteiger partial charge in [-0.2, -0.15) is 0 Å². The molecule has 5 heteroatoms. The van der Waals surface area contributed by atoms with Crippen molar-refractivity contribution >= 4 is 11.6 Å². The van der Waals surface area contributed by atoms with E-state index in [1.54, 1.807) is 7.11 Å². The van der Waals surface area contributed by atoms with E-state index < -0.39 is 0 Å². The van der Waals surface area contributed by atoms with Crippen molar-refractivity contribution in [2.24, 2.45) is 0 Å². The summed E-state index contributed by atoms with van der Waals surface area (Å²) in [5.41, 5.74) is 4.58. The SMILES string of the molecule is COc1ccc(CN2C(=O)COc3cc4c(cc32)CCNCC4)cc1. The molecule has 5 nitrogen and oxygen atoms in total. The molecule has 0 spiro atoms. The molecule has 0 bridgehead atoms. The first-order chi connectivity index (χ1) is 12.2. The van der Waals surface area contributed by atoms with Crippen molar-refractivity contribution in [1.82, 2.24) is 5.32 Å². The highest BCUT2D eigenvalue weighted by Crippen LogP contribution is 2.36. The van der Waals surface area contributed by atoms with Gasteiger partial charge < -0.3 is 19.7 Å². The number of amides is 1. The number of hydrogen-bond acceptors (Lipinski definition) is 4. The Kier molecular flexibility index (Phi) is 4.32. The molecule has 2 aliphatic heterocycles. The third-order valence-corrected chi connectivity index (χ3v) is 4.87. The van der Waals surface area contributed by atoms with Gasteiger partial charge in [0.25, 0.3) is 5.91 Å². The minimum atomic E-state index is -0.00462. The first-order valence-corrected chi connectivity index (χ1v) is 8.67. The number of benzene rings is 2. The Bertz CT molecular complexity index is 786. The van der Waals surface area contributed by atoms with Crippen LogP contribution in [0.1, 0.15) is 16.7 Å². The van der Waals surface area contributed by atoms with E-state index in [2.05, 4.69) is 17.4 Å². The zero-order chi connectivity index (χ0) is 17.2. The van der Waals surface area contributed by atoms with Crippen LogP contribution in [0.5, 0.6) is 11.5 Å². The van der Waals surface area contributed by atoms with Crippen LogP contribution in [0.4, 0.5) is 5.69 Å². The number of anilines is 1. The number of fused-ring (bicyclic) bond motifs is 2. The Labute approximate surface area is 147 Å². The van der Waals surface area contributed by atoms with Gasteiger partial charge in [-0.3, -0.25) is 4.79 Å². The molecule has 0 aliphatic carbocycles. The van der Waals surface area contributed by atoms with Crippen molar-refractivity contribution in [3.8, 4) is 11.5 Å². The highest BCUT2D eigenvalue weighted by Gasteiger charge is 2.27. The summed E-state index contributed by atoms with van der Waals surface area (Å²) in [5, 5.41) is 3.42. The Morgan fingerprint density at radius 2 is 1.84 bits per heavy atom. The molecular formula is C20H22N2O3. The number of nitrogens with zero attached hydrogens (tertiary/aromatic N) is 1. The molecular weight excluding hydrogens is 316 g/mol. The van der Waals surface area contributed by atoms with Crippen LogP contribution in [0.2, 0.25) is 0 Å². The Hall–Kier alpha value is -2.53. The predicted octanol–water partition coefficient (Wildman–Crippen LogP) is 2.31. The van der Waals surface area contributed by atoms with E-state index in [4.69, 9.17) is 9.47 Å². The van der Waals surface area contributed by atoms with Gasteiger partial charge in [0, 0.05) is 0 Å². The number of ether oxygens (including phenoxy) is 2. The highest BCUT2D eigenvalue weighted by molar-refractivity contribution is 5.98. The summed E-state index contributed by atoms with van der Waals surface area (Å²) in [6.07, 6.45) is 1.98. The smallest absolute Gasteiger partial charge is 0.265 e. The normalized spacial score (nSPS) is 16.5. The fraction of sp³-hybridized carbons (Fsp3) is 0.350. The molecule has 0 fully saturated rings. The van der Waals surface area contributed by atoms with Crippen molar-refractivity contribution < 1.29 is 14.3 Å². The maximum atomic E-state index is 12.5. The molecule has 0 saturated heterocycles. The molecule has 2 aromatic carbocycles. The molecule has 1 amide bonds. The molecule has 4 rings (SSSR count). The van der Waals surface area contributed by atoms with Crippen LogP contribution in [0, 0.1) is 0 Å². The van der Waals surface area contributed by atoms with Gasteiger partial charge in [0.15, 0.2) is 6.61 Å². The first-order valence-electron chi connectivity index (χ1n) is 8.67. The van der Waals surface area contributed by atoms with Crippen molar-refractivity contribution in [1.29, 1.82) is 0 Å². The van der Waals surface area contributed by atoms with Crippen molar-refractivity contribution in [2.45, 2.75) is 19.4 Å². The molecule has 0 aromatic heterocycles. The van der Waals surface area contributed by atoms with E-state index in [1.165, 1.54) is 11.1 Å². The third kappa shape index (κ3) is 3.20. The van der Waals surface area contributed by atoms with Gasteiger partial charge in [0.05, 0.1) is 19.3 Å². The molecule has 25 heavy (non-hydrogen) atoms. The molecule has 0 saturated carbocycles. The van der Waals surface area contributed by atoms with Gasteiger partial charge in [-0.1, -0.05) is 12.1 Å². The zero-order valence-corrected chi connectivity index (χ0v) is 14.4. The third-order valence-electron chi connectivity index (χ3n) is 4.87. The minimum absolute atomic E-state index is 0.00462. The summed E-state index contributed by atoms with van der Waals surface area (Å²) in [6.45, 7) is 2.59. The molecule has 2 aromatic rings. The average molecular weight is 338 g/mol.